The van der Waals surface area contributed by atoms with Gasteiger partial charge in [0, 0.05) is 67.8 Å². The van der Waals surface area contributed by atoms with Gasteiger partial charge >= 0.3 is 6.03 Å². The number of urea groups is 1. The number of morpholine rings is 2. The molecule has 3 saturated heterocycles. The van der Waals surface area contributed by atoms with E-state index in [0.717, 1.165) is 51.3 Å². The summed E-state index contributed by atoms with van der Waals surface area (Å²) >= 11 is 0. The molecule has 1 aromatic heterocycles. The van der Waals surface area contributed by atoms with E-state index in [-0.39, 0.29) is 11.9 Å². The molecule has 13 heteroatoms. The summed E-state index contributed by atoms with van der Waals surface area (Å²) in [7, 11) is 4.08. The van der Waals surface area contributed by atoms with Crippen molar-refractivity contribution in [2.24, 2.45) is 0 Å². The Balaban J connectivity index is 1.09. The highest BCUT2D eigenvalue weighted by Crippen LogP contribution is 2.24. The Morgan fingerprint density at radius 2 is 1.27 bits per heavy atom. The molecule has 0 radical (unpaired) electrons. The Hall–Kier alpha value is -4.33. The molecule has 0 spiro atoms. The molecular formula is C31H39N9O4. The number of ether oxygens (including phenoxy) is 2. The van der Waals surface area contributed by atoms with Crippen LogP contribution in [-0.2, 0) is 9.47 Å². The van der Waals surface area contributed by atoms with E-state index >= 15 is 0 Å². The van der Waals surface area contributed by atoms with Gasteiger partial charge in [-0.25, -0.2) is 4.79 Å². The molecule has 3 aliphatic rings. The number of benzene rings is 2. The highest BCUT2D eigenvalue weighted by Gasteiger charge is 2.28. The molecule has 2 N–H and O–H groups in total. The van der Waals surface area contributed by atoms with Crippen LogP contribution in [0.5, 0.6) is 0 Å². The van der Waals surface area contributed by atoms with Crippen LogP contribution in [0, 0.1) is 0 Å². The lowest BCUT2D eigenvalue weighted by Gasteiger charge is -2.30. The molecule has 232 valence electrons. The Kier molecular flexibility index (Phi) is 9.15. The summed E-state index contributed by atoms with van der Waals surface area (Å²) in [6, 6.07) is 14.4. The first-order valence-corrected chi connectivity index (χ1v) is 15.1. The van der Waals surface area contributed by atoms with Gasteiger partial charge in [-0.3, -0.25) is 4.79 Å². The highest BCUT2D eigenvalue weighted by molar-refractivity contribution is 6.00. The van der Waals surface area contributed by atoms with Gasteiger partial charge in [0.15, 0.2) is 5.82 Å². The van der Waals surface area contributed by atoms with Gasteiger partial charge in [-0.05, 0) is 69.0 Å². The third kappa shape index (κ3) is 7.07. The Bertz CT molecular complexity index is 1400. The van der Waals surface area contributed by atoms with Crippen molar-refractivity contribution in [3.63, 3.8) is 0 Å². The maximum absolute atomic E-state index is 12.9. The van der Waals surface area contributed by atoms with E-state index in [1.165, 1.54) is 0 Å². The fourth-order valence-corrected chi connectivity index (χ4v) is 5.52. The van der Waals surface area contributed by atoms with Crippen molar-refractivity contribution in [2.45, 2.75) is 12.5 Å². The standard InChI is InChI=1S/C31H39N9O4/c1-37(2)26-11-12-40(21-26)28(41)23-5-9-25(10-6-23)33-31(42)32-24-7-3-22(4-8-24)27-34-29(38-13-17-43-18-14-38)36-30(35-27)39-15-19-44-20-16-39/h3-10,26H,11-21H2,1-2H3,(H2,32,33,42)/t26-/m0/s1. The molecule has 3 fully saturated rings. The summed E-state index contributed by atoms with van der Waals surface area (Å²) in [5.74, 6) is 1.84. The highest BCUT2D eigenvalue weighted by atomic mass is 16.5. The summed E-state index contributed by atoms with van der Waals surface area (Å²) < 4.78 is 11.0. The largest absolute Gasteiger partial charge is 0.378 e. The summed E-state index contributed by atoms with van der Waals surface area (Å²) in [5, 5.41) is 5.70. The number of anilines is 4. The van der Waals surface area contributed by atoms with Crippen LogP contribution >= 0.6 is 0 Å². The topological polar surface area (TPSA) is 128 Å². The Labute approximate surface area is 257 Å². The zero-order valence-corrected chi connectivity index (χ0v) is 25.2. The molecule has 0 aliphatic carbocycles. The van der Waals surface area contributed by atoms with E-state index in [1.54, 1.807) is 24.3 Å². The van der Waals surface area contributed by atoms with Gasteiger partial charge in [-0.1, -0.05) is 0 Å². The lowest BCUT2D eigenvalue weighted by molar-refractivity contribution is 0.0783. The van der Waals surface area contributed by atoms with Crippen LogP contribution in [0.2, 0.25) is 0 Å². The molecule has 4 heterocycles. The van der Waals surface area contributed by atoms with Crippen LogP contribution in [0.15, 0.2) is 48.5 Å². The van der Waals surface area contributed by atoms with Crippen molar-refractivity contribution in [1.82, 2.24) is 24.8 Å². The number of likely N-dealkylation sites (N-methyl/N-ethyl adjacent to an activating group) is 1. The fourth-order valence-electron chi connectivity index (χ4n) is 5.52. The first-order chi connectivity index (χ1) is 21.4. The van der Waals surface area contributed by atoms with Crippen LogP contribution in [0.4, 0.5) is 28.1 Å². The Morgan fingerprint density at radius 3 is 1.77 bits per heavy atom. The molecule has 2 aromatic carbocycles. The molecule has 44 heavy (non-hydrogen) atoms. The average molecular weight is 602 g/mol. The van der Waals surface area contributed by atoms with E-state index in [1.807, 2.05) is 43.3 Å². The van der Waals surface area contributed by atoms with Crippen molar-refractivity contribution < 1.29 is 19.1 Å². The molecule has 0 saturated carbocycles. The van der Waals surface area contributed by atoms with Crippen molar-refractivity contribution in [2.75, 3.05) is 100 Å². The number of nitrogens with one attached hydrogen (secondary N) is 2. The zero-order chi connectivity index (χ0) is 30.5. The third-order valence-electron chi connectivity index (χ3n) is 8.17. The molecule has 0 bridgehead atoms. The SMILES string of the molecule is CN(C)[C@H]1CCN(C(=O)c2ccc(NC(=O)Nc3ccc(-c4nc(N5CCOCC5)nc(N5CCOCC5)n4)cc3)cc2)C1. The van der Waals surface area contributed by atoms with Crippen molar-refractivity contribution >= 4 is 35.2 Å². The van der Waals surface area contributed by atoms with Crippen molar-refractivity contribution in [3.05, 3.63) is 54.1 Å². The average Bonchev–Trinajstić information content (AvgIpc) is 3.57. The van der Waals surface area contributed by atoms with Gasteiger partial charge in [0.2, 0.25) is 11.9 Å². The first kappa shape index (κ1) is 29.7. The summed E-state index contributed by atoms with van der Waals surface area (Å²) in [5.41, 5.74) is 2.65. The van der Waals surface area contributed by atoms with Crippen molar-refractivity contribution in [3.8, 4) is 11.4 Å². The van der Waals surface area contributed by atoms with Gasteiger partial charge in [-0.15, -0.1) is 0 Å². The smallest absolute Gasteiger partial charge is 0.323 e. The van der Waals surface area contributed by atoms with Crippen molar-refractivity contribution in [1.29, 1.82) is 0 Å². The number of amides is 3. The lowest BCUT2D eigenvalue weighted by atomic mass is 10.2. The molecule has 6 rings (SSSR count). The maximum atomic E-state index is 12.9. The van der Waals surface area contributed by atoms with Gasteiger partial charge in [0.05, 0.1) is 26.4 Å². The van der Waals surface area contributed by atoms with Crippen LogP contribution in [-0.4, -0.2) is 123 Å². The summed E-state index contributed by atoms with van der Waals surface area (Å²) in [4.78, 5) is 48.3. The molecule has 1 atom stereocenters. The molecule has 0 unspecified atom stereocenters. The summed E-state index contributed by atoms with van der Waals surface area (Å²) in [6.07, 6.45) is 0.972. The molecule has 3 amide bonds. The maximum Gasteiger partial charge on any atom is 0.323 e. The number of carbonyl (C=O) groups excluding carboxylic acids is 2. The van der Waals surface area contributed by atoms with E-state index in [0.29, 0.717) is 67.1 Å². The van der Waals surface area contributed by atoms with Gasteiger partial charge in [0.25, 0.3) is 5.91 Å². The van der Waals surface area contributed by atoms with Crippen LogP contribution < -0.4 is 20.4 Å². The minimum Gasteiger partial charge on any atom is -0.378 e. The minimum atomic E-state index is -0.380. The van der Waals surface area contributed by atoms with Crippen LogP contribution in [0.3, 0.4) is 0 Å². The number of nitrogens with zero attached hydrogens (tertiary/aromatic N) is 7. The van der Waals surface area contributed by atoms with E-state index in [9.17, 15) is 9.59 Å². The number of rotatable bonds is 7. The monoisotopic (exact) mass is 601 g/mol. The molecule has 13 nitrogen and oxygen atoms in total. The third-order valence-corrected chi connectivity index (χ3v) is 8.17. The predicted molar refractivity (Wildman–Crippen MR) is 168 cm³/mol. The summed E-state index contributed by atoms with van der Waals surface area (Å²) in [6.45, 7) is 6.89. The Morgan fingerprint density at radius 1 is 0.750 bits per heavy atom. The fraction of sp³-hybridized carbons (Fsp3) is 0.452. The predicted octanol–water partition coefficient (Wildman–Crippen LogP) is 2.63. The van der Waals surface area contributed by atoms with Crippen LogP contribution in [0.1, 0.15) is 16.8 Å². The number of aromatic nitrogens is 3. The second-order valence-electron chi connectivity index (χ2n) is 11.3. The molecular weight excluding hydrogens is 562 g/mol. The van der Waals surface area contributed by atoms with Crippen LogP contribution in [0.25, 0.3) is 11.4 Å². The molecule has 3 aliphatic heterocycles. The normalized spacial score (nSPS) is 18.9. The number of likely N-dealkylation sites (tertiary alicyclic amines) is 1. The molecule has 3 aromatic rings. The minimum absolute atomic E-state index is 0.0118. The van der Waals surface area contributed by atoms with E-state index in [2.05, 4.69) is 25.3 Å². The zero-order valence-electron chi connectivity index (χ0n) is 25.2. The number of hydrogen-bond donors (Lipinski definition) is 2. The van der Waals surface area contributed by atoms with Gasteiger partial charge < -0.3 is 39.7 Å². The lowest BCUT2D eigenvalue weighted by Crippen LogP contribution is -2.40. The number of hydrogen-bond acceptors (Lipinski definition) is 10. The second kappa shape index (κ2) is 13.5. The quantitative estimate of drug-likeness (QED) is 0.417. The van der Waals surface area contributed by atoms with E-state index in [4.69, 9.17) is 24.4 Å². The van der Waals surface area contributed by atoms with Gasteiger partial charge in [-0.2, -0.15) is 15.0 Å². The second-order valence-corrected chi connectivity index (χ2v) is 11.3. The van der Waals surface area contributed by atoms with E-state index < -0.39 is 0 Å². The van der Waals surface area contributed by atoms with Gasteiger partial charge in [0.1, 0.15) is 0 Å². The first-order valence-electron chi connectivity index (χ1n) is 15.1. The number of carbonyl (C=O) groups is 2.